The van der Waals surface area contributed by atoms with Crippen LogP contribution in [0.4, 0.5) is 0 Å². The zero-order valence-corrected chi connectivity index (χ0v) is 11.1. The van der Waals surface area contributed by atoms with E-state index in [0.717, 1.165) is 24.1 Å². The molecule has 19 heavy (non-hydrogen) atoms. The van der Waals surface area contributed by atoms with Gasteiger partial charge in [0, 0.05) is 12.6 Å². The monoisotopic (exact) mass is 251 g/mol. The van der Waals surface area contributed by atoms with Crippen LogP contribution in [-0.4, -0.2) is 10.8 Å². The normalized spacial score (nSPS) is 17.2. The Morgan fingerprint density at radius 2 is 2.11 bits per heavy atom. The fraction of sp³-hybridized carbons (Fsp3) is 0.294. The molecule has 0 saturated carbocycles. The SMILES string of the molecule is Cc1ccccc1CC(=O)C1CCc2cccnc21. The molecule has 0 aliphatic heterocycles. The summed E-state index contributed by atoms with van der Waals surface area (Å²) in [6.45, 7) is 2.06. The molecule has 1 heterocycles. The van der Waals surface area contributed by atoms with Gasteiger partial charge in [0.25, 0.3) is 0 Å². The van der Waals surface area contributed by atoms with Crippen molar-refractivity contribution in [3.63, 3.8) is 0 Å². The van der Waals surface area contributed by atoms with Crippen LogP contribution in [0, 0.1) is 6.92 Å². The van der Waals surface area contributed by atoms with Gasteiger partial charge in [-0.15, -0.1) is 0 Å². The van der Waals surface area contributed by atoms with Crippen molar-refractivity contribution in [3.05, 3.63) is 65.0 Å². The lowest BCUT2D eigenvalue weighted by molar-refractivity contribution is -0.119. The summed E-state index contributed by atoms with van der Waals surface area (Å²) < 4.78 is 0. The van der Waals surface area contributed by atoms with Crippen molar-refractivity contribution in [2.24, 2.45) is 0 Å². The highest BCUT2D eigenvalue weighted by atomic mass is 16.1. The maximum absolute atomic E-state index is 12.5. The van der Waals surface area contributed by atoms with E-state index >= 15 is 0 Å². The first-order chi connectivity index (χ1) is 9.25. The fourth-order valence-electron chi connectivity index (χ4n) is 2.85. The molecular weight excluding hydrogens is 234 g/mol. The van der Waals surface area contributed by atoms with Crippen molar-refractivity contribution in [3.8, 4) is 0 Å². The van der Waals surface area contributed by atoms with Crippen LogP contribution >= 0.6 is 0 Å². The third kappa shape index (κ3) is 2.30. The van der Waals surface area contributed by atoms with Crippen molar-refractivity contribution >= 4 is 5.78 Å². The summed E-state index contributed by atoms with van der Waals surface area (Å²) in [5.41, 5.74) is 4.57. The van der Waals surface area contributed by atoms with Gasteiger partial charge in [0.2, 0.25) is 0 Å². The third-order valence-corrected chi connectivity index (χ3v) is 3.97. The summed E-state index contributed by atoms with van der Waals surface area (Å²) in [5.74, 6) is 0.294. The molecule has 0 N–H and O–H groups in total. The molecule has 0 saturated heterocycles. The minimum atomic E-state index is -0.00388. The summed E-state index contributed by atoms with van der Waals surface area (Å²) in [6.07, 6.45) is 4.20. The second-order valence-electron chi connectivity index (χ2n) is 5.21. The molecule has 3 rings (SSSR count). The summed E-state index contributed by atoms with van der Waals surface area (Å²) in [6, 6.07) is 12.1. The Labute approximate surface area is 113 Å². The molecule has 1 aliphatic carbocycles. The first kappa shape index (κ1) is 12.1. The Kier molecular flexibility index (Phi) is 3.16. The Bertz CT molecular complexity index is 618. The second-order valence-corrected chi connectivity index (χ2v) is 5.21. The van der Waals surface area contributed by atoms with Gasteiger partial charge in [0.05, 0.1) is 11.6 Å². The van der Waals surface area contributed by atoms with E-state index in [1.54, 1.807) is 6.20 Å². The molecule has 0 fully saturated rings. The number of carbonyl (C=O) groups is 1. The van der Waals surface area contributed by atoms with Crippen LogP contribution in [0.25, 0.3) is 0 Å². The van der Waals surface area contributed by atoms with Crippen LogP contribution in [0.5, 0.6) is 0 Å². The topological polar surface area (TPSA) is 30.0 Å². The van der Waals surface area contributed by atoms with Crippen LogP contribution in [0.3, 0.4) is 0 Å². The molecule has 96 valence electrons. The number of Topliss-reactive ketones (excluding diaryl/α,β-unsaturated/α-hetero) is 1. The van der Waals surface area contributed by atoms with E-state index in [4.69, 9.17) is 0 Å². The lowest BCUT2D eigenvalue weighted by Crippen LogP contribution is -2.14. The van der Waals surface area contributed by atoms with Crippen molar-refractivity contribution in [2.45, 2.75) is 32.1 Å². The van der Waals surface area contributed by atoms with E-state index in [2.05, 4.69) is 24.0 Å². The molecule has 2 nitrogen and oxygen atoms in total. The second kappa shape index (κ2) is 4.96. The van der Waals surface area contributed by atoms with E-state index in [0.29, 0.717) is 12.2 Å². The molecule has 1 atom stereocenters. The Balaban J connectivity index is 1.81. The Morgan fingerprint density at radius 3 is 2.95 bits per heavy atom. The fourth-order valence-corrected chi connectivity index (χ4v) is 2.85. The minimum absolute atomic E-state index is 0.00388. The van der Waals surface area contributed by atoms with Crippen molar-refractivity contribution in [1.29, 1.82) is 0 Å². The van der Waals surface area contributed by atoms with Crippen LogP contribution in [0.2, 0.25) is 0 Å². The molecule has 1 aliphatic rings. The predicted octanol–water partition coefficient (Wildman–Crippen LogP) is 3.23. The van der Waals surface area contributed by atoms with Gasteiger partial charge in [-0.2, -0.15) is 0 Å². The van der Waals surface area contributed by atoms with E-state index in [9.17, 15) is 4.79 Å². The number of ketones is 1. The largest absolute Gasteiger partial charge is 0.299 e. The number of rotatable bonds is 3. The van der Waals surface area contributed by atoms with E-state index < -0.39 is 0 Å². The number of carbonyl (C=O) groups excluding carboxylic acids is 1. The number of nitrogens with zero attached hydrogens (tertiary/aromatic N) is 1. The number of hydrogen-bond donors (Lipinski definition) is 0. The predicted molar refractivity (Wildman–Crippen MR) is 75.2 cm³/mol. The molecule has 2 heteroatoms. The molecular formula is C17H17NO. The molecule has 0 amide bonds. The average molecular weight is 251 g/mol. The lowest BCUT2D eigenvalue weighted by atomic mass is 9.94. The number of aryl methyl sites for hydroxylation is 2. The molecule has 0 bridgehead atoms. The molecule has 1 unspecified atom stereocenters. The van der Waals surface area contributed by atoms with Gasteiger partial charge in [-0.25, -0.2) is 0 Å². The maximum atomic E-state index is 12.5. The van der Waals surface area contributed by atoms with Crippen molar-refractivity contribution < 1.29 is 4.79 Å². The standard InChI is InChI=1S/C17H17NO/c1-12-5-2-3-6-14(12)11-16(19)15-9-8-13-7-4-10-18-17(13)15/h2-7,10,15H,8-9,11H2,1H3. The van der Waals surface area contributed by atoms with Crippen LogP contribution in [0.1, 0.15) is 34.7 Å². The summed E-state index contributed by atoms with van der Waals surface area (Å²) in [4.78, 5) is 16.9. The smallest absolute Gasteiger partial charge is 0.146 e. The van der Waals surface area contributed by atoms with Crippen LogP contribution < -0.4 is 0 Å². The minimum Gasteiger partial charge on any atom is -0.299 e. The lowest BCUT2D eigenvalue weighted by Gasteiger charge is -2.11. The number of aromatic nitrogens is 1. The van der Waals surface area contributed by atoms with Crippen molar-refractivity contribution in [2.75, 3.05) is 0 Å². The molecule has 0 spiro atoms. The van der Waals surface area contributed by atoms with Gasteiger partial charge in [-0.3, -0.25) is 9.78 Å². The quantitative estimate of drug-likeness (QED) is 0.838. The number of hydrogen-bond acceptors (Lipinski definition) is 2. The zero-order valence-electron chi connectivity index (χ0n) is 11.1. The third-order valence-electron chi connectivity index (χ3n) is 3.97. The highest BCUT2D eigenvalue weighted by Gasteiger charge is 2.29. The van der Waals surface area contributed by atoms with Gasteiger partial charge < -0.3 is 0 Å². The molecule has 0 radical (unpaired) electrons. The summed E-state index contributed by atoms with van der Waals surface area (Å²) >= 11 is 0. The zero-order chi connectivity index (χ0) is 13.2. The van der Waals surface area contributed by atoms with Gasteiger partial charge in [0.1, 0.15) is 5.78 Å². The van der Waals surface area contributed by atoms with Gasteiger partial charge >= 0.3 is 0 Å². The number of pyridine rings is 1. The Hall–Kier alpha value is -1.96. The van der Waals surface area contributed by atoms with Crippen LogP contribution in [-0.2, 0) is 17.6 Å². The van der Waals surface area contributed by atoms with E-state index in [-0.39, 0.29) is 5.92 Å². The summed E-state index contributed by atoms with van der Waals surface area (Å²) in [7, 11) is 0. The van der Waals surface area contributed by atoms with Crippen molar-refractivity contribution in [1.82, 2.24) is 4.98 Å². The van der Waals surface area contributed by atoms with Crippen LogP contribution in [0.15, 0.2) is 42.6 Å². The summed E-state index contributed by atoms with van der Waals surface area (Å²) in [5, 5.41) is 0. The van der Waals surface area contributed by atoms with Gasteiger partial charge in [-0.1, -0.05) is 30.3 Å². The highest BCUT2D eigenvalue weighted by molar-refractivity contribution is 5.88. The Morgan fingerprint density at radius 1 is 1.26 bits per heavy atom. The maximum Gasteiger partial charge on any atom is 0.146 e. The van der Waals surface area contributed by atoms with E-state index in [1.165, 1.54) is 11.1 Å². The highest BCUT2D eigenvalue weighted by Crippen LogP contribution is 2.32. The molecule has 1 aromatic heterocycles. The molecule has 1 aromatic carbocycles. The van der Waals surface area contributed by atoms with Gasteiger partial charge in [-0.05, 0) is 42.5 Å². The first-order valence-electron chi connectivity index (χ1n) is 6.76. The molecule has 2 aromatic rings. The first-order valence-corrected chi connectivity index (χ1v) is 6.76. The van der Waals surface area contributed by atoms with E-state index in [1.807, 2.05) is 24.3 Å². The van der Waals surface area contributed by atoms with Gasteiger partial charge in [0.15, 0.2) is 0 Å². The number of fused-ring (bicyclic) bond motifs is 1. The number of benzene rings is 1. The average Bonchev–Trinajstić information content (AvgIpc) is 2.85.